The quantitative estimate of drug-likeness (QED) is 0.906. The number of pyridine rings is 1. The molecule has 0 spiro atoms. The van der Waals surface area contributed by atoms with Gasteiger partial charge in [-0.05, 0) is 40.2 Å². The number of carbonyl (C=O) groups is 1. The number of ether oxygens (including phenoxy) is 3. The Morgan fingerprint density at radius 2 is 2.14 bits per heavy atom. The number of fused-ring (bicyclic) bond motifs is 1. The zero-order chi connectivity index (χ0) is 15.5. The fraction of sp³-hybridized carbons (Fsp3) is 0.200. The van der Waals surface area contributed by atoms with Gasteiger partial charge in [-0.1, -0.05) is 0 Å². The molecule has 1 amide bonds. The lowest BCUT2D eigenvalue weighted by Crippen LogP contribution is -2.18. The van der Waals surface area contributed by atoms with E-state index < -0.39 is 0 Å². The van der Waals surface area contributed by atoms with Crippen molar-refractivity contribution in [2.45, 2.75) is 0 Å². The number of nitrogens with zero attached hydrogens (tertiary/aromatic N) is 1. The molecule has 2 heterocycles. The molecule has 114 valence electrons. The van der Waals surface area contributed by atoms with Crippen LogP contribution in [0.25, 0.3) is 0 Å². The van der Waals surface area contributed by atoms with Crippen molar-refractivity contribution in [2.75, 3.05) is 25.6 Å². The van der Waals surface area contributed by atoms with E-state index in [1.54, 1.807) is 30.5 Å². The summed E-state index contributed by atoms with van der Waals surface area (Å²) in [6.07, 6.45) is 1.61. The lowest BCUT2D eigenvalue weighted by atomic mass is 10.1. The second kappa shape index (κ2) is 6.23. The lowest BCUT2D eigenvalue weighted by Gasteiger charge is -2.21. The van der Waals surface area contributed by atoms with Crippen molar-refractivity contribution in [1.82, 2.24) is 4.98 Å². The summed E-state index contributed by atoms with van der Waals surface area (Å²) in [5.41, 5.74) is 0.408. The molecule has 0 fully saturated rings. The number of hydrogen-bond acceptors (Lipinski definition) is 5. The largest absolute Gasteiger partial charge is 0.493 e. The molecule has 0 radical (unpaired) electrons. The molecule has 1 aromatic heterocycles. The zero-order valence-electron chi connectivity index (χ0n) is 11.8. The van der Waals surface area contributed by atoms with Gasteiger partial charge in [-0.2, -0.15) is 0 Å². The maximum absolute atomic E-state index is 12.3. The highest BCUT2D eigenvalue weighted by atomic mass is 79.9. The topological polar surface area (TPSA) is 69.7 Å². The Hall–Kier alpha value is -2.28. The van der Waals surface area contributed by atoms with Gasteiger partial charge in [-0.3, -0.25) is 4.79 Å². The van der Waals surface area contributed by atoms with Crippen molar-refractivity contribution in [2.24, 2.45) is 0 Å². The van der Waals surface area contributed by atoms with E-state index in [2.05, 4.69) is 26.2 Å². The molecule has 22 heavy (non-hydrogen) atoms. The third-order valence-corrected chi connectivity index (χ3v) is 3.53. The Bertz CT molecular complexity index is 686. The molecule has 0 bridgehead atoms. The van der Waals surface area contributed by atoms with E-state index >= 15 is 0 Å². The number of halogens is 1. The fourth-order valence-corrected chi connectivity index (χ4v) is 2.28. The molecule has 1 aliphatic heterocycles. The van der Waals surface area contributed by atoms with Gasteiger partial charge in [0.05, 0.1) is 7.11 Å². The average molecular weight is 365 g/mol. The summed E-state index contributed by atoms with van der Waals surface area (Å²) in [4.78, 5) is 16.4. The Morgan fingerprint density at radius 1 is 1.32 bits per heavy atom. The van der Waals surface area contributed by atoms with Crippen molar-refractivity contribution in [3.05, 3.63) is 40.5 Å². The van der Waals surface area contributed by atoms with E-state index in [9.17, 15) is 4.79 Å². The first kappa shape index (κ1) is 14.6. The summed E-state index contributed by atoms with van der Waals surface area (Å²) in [6.45, 7) is 0.896. The molecule has 1 aromatic carbocycles. The zero-order valence-corrected chi connectivity index (χ0v) is 13.3. The highest BCUT2D eigenvalue weighted by molar-refractivity contribution is 9.10. The minimum absolute atomic E-state index is 0.301. The number of methoxy groups -OCH3 is 1. The van der Waals surface area contributed by atoms with Crippen LogP contribution in [0.4, 0.5) is 5.82 Å². The summed E-state index contributed by atoms with van der Waals surface area (Å²) < 4.78 is 17.1. The summed E-state index contributed by atoms with van der Waals surface area (Å²) in [5, 5.41) is 2.72. The first-order valence-electron chi connectivity index (χ1n) is 6.58. The van der Waals surface area contributed by atoms with E-state index in [1.807, 2.05) is 0 Å². The van der Waals surface area contributed by atoms with Gasteiger partial charge in [0.25, 0.3) is 5.91 Å². The van der Waals surface area contributed by atoms with E-state index in [-0.39, 0.29) is 5.91 Å². The van der Waals surface area contributed by atoms with Gasteiger partial charge in [0.15, 0.2) is 11.5 Å². The Labute approximate surface area is 135 Å². The van der Waals surface area contributed by atoms with Crippen molar-refractivity contribution >= 4 is 27.7 Å². The molecule has 7 heteroatoms. The van der Waals surface area contributed by atoms with Crippen LogP contribution < -0.4 is 19.5 Å². The van der Waals surface area contributed by atoms with Crippen LogP contribution in [-0.4, -0.2) is 31.2 Å². The number of nitrogens with one attached hydrogen (secondary N) is 1. The van der Waals surface area contributed by atoms with Gasteiger partial charge in [0.1, 0.15) is 19.0 Å². The van der Waals surface area contributed by atoms with Gasteiger partial charge < -0.3 is 19.5 Å². The summed E-state index contributed by atoms with van der Waals surface area (Å²) >= 11 is 3.29. The van der Waals surface area contributed by atoms with Crippen molar-refractivity contribution in [1.29, 1.82) is 0 Å². The maximum atomic E-state index is 12.3. The number of anilines is 1. The summed E-state index contributed by atoms with van der Waals surface area (Å²) in [6, 6.07) is 6.75. The second-order valence-electron chi connectivity index (χ2n) is 4.52. The van der Waals surface area contributed by atoms with Gasteiger partial charge in [0, 0.05) is 16.2 Å². The SMILES string of the molecule is COc1cc(C(=O)Nc2ccc(Br)cn2)cc2c1OCCO2. The molecule has 0 aliphatic carbocycles. The standard InChI is InChI=1S/C15H13BrN2O4/c1-20-11-6-9(7-12-14(11)22-5-4-21-12)15(19)18-13-3-2-10(16)8-17-13/h2-3,6-8H,4-5H2,1H3,(H,17,18,19). The molecule has 0 unspecified atom stereocenters. The van der Waals surface area contributed by atoms with Crippen LogP contribution in [0.15, 0.2) is 34.9 Å². The van der Waals surface area contributed by atoms with Crippen LogP contribution >= 0.6 is 15.9 Å². The molecule has 0 saturated heterocycles. The molecule has 1 aliphatic rings. The number of benzene rings is 1. The van der Waals surface area contributed by atoms with Gasteiger partial charge in [-0.15, -0.1) is 0 Å². The van der Waals surface area contributed by atoms with Gasteiger partial charge in [0.2, 0.25) is 5.75 Å². The first-order chi connectivity index (χ1) is 10.7. The van der Waals surface area contributed by atoms with Crippen molar-refractivity contribution in [3.63, 3.8) is 0 Å². The van der Waals surface area contributed by atoms with Crippen LogP contribution in [-0.2, 0) is 0 Å². The third kappa shape index (κ3) is 2.99. The molecule has 6 nitrogen and oxygen atoms in total. The lowest BCUT2D eigenvalue weighted by molar-refractivity contribution is 0.102. The van der Waals surface area contributed by atoms with Crippen LogP contribution in [0.1, 0.15) is 10.4 Å². The monoisotopic (exact) mass is 364 g/mol. The molecule has 3 rings (SSSR count). The van der Waals surface area contributed by atoms with Crippen LogP contribution in [0, 0.1) is 0 Å². The smallest absolute Gasteiger partial charge is 0.257 e. The molecule has 0 atom stereocenters. The Balaban J connectivity index is 1.87. The molecular weight excluding hydrogens is 352 g/mol. The number of carbonyl (C=O) groups excluding carboxylic acids is 1. The Morgan fingerprint density at radius 3 is 2.86 bits per heavy atom. The van der Waals surface area contributed by atoms with E-state index in [4.69, 9.17) is 14.2 Å². The third-order valence-electron chi connectivity index (χ3n) is 3.06. The van der Waals surface area contributed by atoms with Crippen LogP contribution in [0.3, 0.4) is 0 Å². The normalized spacial score (nSPS) is 12.6. The Kier molecular flexibility index (Phi) is 4.15. The number of rotatable bonds is 3. The predicted molar refractivity (Wildman–Crippen MR) is 83.9 cm³/mol. The first-order valence-corrected chi connectivity index (χ1v) is 7.37. The molecule has 2 aromatic rings. The average Bonchev–Trinajstić information content (AvgIpc) is 2.55. The van der Waals surface area contributed by atoms with E-state index in [0.29, 0.717) is 41.8 Å². The van der Waals surface area contributed by atoms with Crippen molar-refractivity contribution < 1.29 is 19.0 Å². The molecule has 1 N–H and O–H groups in total. The number of aromatic nitrogens is 1. The van der Waals surface area contributed by atoms with E-state index in [1.165, 1.54) is 7.11 Å². The second-order valence-corrected chi connectivity index (χ2v) is 5.43. The highest BCUT2D eigenvalue weighted by Gasteiger charge is 2.21. The number of hydrogen-bond donors (Lipinski definition) is 1. The molecule has 0 saturated carbocycles. The predicted octanol–water partition coefficient (Wildman–Crippen LogP) is 2.88. The summed E-state index contributed by atoms with van der Waals surface area (Å²) in [7, 11) is 1.52. The summed E-state index contributed by atoms with van der Waals surface area (Å²) in [5.74, 6) is 1.64. The minimum Gasteiger partial charge on any atom is -0.493 e. The van der Waals surface area contributed by atoms with Crippen LogP contribution in [0.2, 0.25) is 0 Å². The minimum atomic E-state index is -0.301. The van der Waals surface area contributed by atoms with Gasteiger partial charge in [-0.25, -0.2) is 4.98 Å². The van der Waals surface area contributed by atoms with Gasteiger partial charge >= 0.3 is 0 Å². The van der Waals surface area contributed by atoms with Crippen LogP contribution in [0.5, 0.6) is 17.2 Å². The van der Waals surface area contributed by atoms with Crippen molar-refractivity contribution in [3.8, 4) is 17.2 Å². The van der Waals surface area contributed by atoms with E-state index in [0.717, 1.165) is 4.47 Å². The highest BCUT2D eigenvalue weighted by Crippen LogP contribution is 2.40. The maximum Gasteiger partial charge on any atom is 0.257 e. The molecular formula is C15H13BrN2O4. The number of amides is 1. The fourth-order valence-electron chi connectivity index (χ4n) is 2.04.